The SMILES string of the molecule is SCCNc1ccc(N2CCCC2)cc1. The molecule has 0 saturated carbocycles. The van der Waals surface area contributed by atoms with Gasteiger partial charge in [-0.25, -0.2) is 0 Å². The first-order chi connectivity index (χ1) is 7.40. The molecule has 15 heavy (non-hydrogen) atoms. The van der Waals surface area contributed by atoms with Crippen LogP contribution in [0.3, 0.4) is 0 Å². The maximum absolute atomic E-state index is 4.17. The molecule has 1 aliphatic rings. The van der Waals surface area contributed by atoms with Crippen LogP contribution in [-0.2, 0) is 0 Å². The number of nitrogens with zero attached hydrogens (tertiary/aromatic N) is 1. The van der Waals surface area contributed by atoms with Crippen LogP contribution in [0.2, 0.25) is 0 Å². The summed E-state index contributed by atoms with van der Waals surface area (Å²) in [5, 5.41) is 3.32. The largest absolute Gasteiger partial charge is 0.384 e. The normalized spacial score (nSPS) is 15.7. The summed E-state index contributed by atoms with van der Waals surface area (Å²) in [6.07, 6.45) is 2.67. The van der Waals surface area contributed by atoms with Crippen LogP contribution in [-0.4, -0.2) is 25.4 Å². The van der Waals surface area contributed by atoms with Crippen molar-refractivity contribution in [3.63, 3.8) is 0 Å². The number of hydrogen-bond donors (Lipinski definition) is 2. The smallest absolute Gasteiger partial charge is 0.0367 e. The van der Waals surface area contributed by atoms with Gasteiger partial charge in [-0.05, 0) is 37.1 Å². The molecule has 1 saturated heterocycles. The Balaban J connectivity index is 1.96. The van der Waals surface area contributed by atoms with E-state index in [1.54, 1.807) is 0 Å². The standard InChI is InChI=1S/C12H18N2S/c15-10-7-13-11-3-5-12(6-4-11)14-8-1-2-9-14/h3-6,13,15H,1-2,7-10H2. The highest BCUT2D eigenvalue weighted by atomic mass is 32.1. The van der Waals surface area contributed by atoms with Crippen LogP contribution in [0.5, 0.6) is 0 Å². The van der Waals surface area contributed by atoms with Gasteiger partial charge < -0.3 is 10.2 Å². The predicted octanol–water partition coefficient (Wildman–Crippen LogP) is 2.63. The number of nitrogens with one attached hydrogen (secondary N) is 1. The molecule has 0 spiro atoms. The zero-order chi connectivity index (χ0) is 10.5. The molecule has 82 valence electrons. The molecule has 1 aromatic rings. The van der Waals surface area contributed by atoms with Crippen LogP contribution in [0.15, 0.2) is 24.3 Å². The van der Waals surface area contributed by atoms with Gasteiger partial charge in [0.05, 0.1) is 0 Å². The van der Waals surface area contributed by atoms with Gasteiger partial charge in [0, 0.05) is 36.8 Å². The number of thiol groups is 1. The van der Waals surface area contributed by atoms with Crippen LogP contribution in [0.4, 0.5) is 11.4 Å². The first-order valence-corrected chi connectivity index (χ1v) is 6.23. The van der Waals surface area contributed by atoms with Gasteiger partial charge >= 0.3 is 0 Å². The van der Waals surface area contributed by atoms with E-state index in [9.17, 15) is 0 Å². The second kappa shape index (κ2) is 5.31. The van der Waals surface area contributed by atoms with E-state index in [1.807, 2.05) is 0 Å². The molecular formula is C12H18N2S. The third kappa shape index (κ3) is 2.81. The van der Waals surface area contributed by atoms with Gasteiger partial charge in [-0.2, -0.15) is 12.6 Å². The lowest BCUT2D eigenvalue weighted by molar-refractivity contribution is 0.949. The molecule has 3 heteroatoms. The van der Waals surface area contributed by atoms with Crippen LogP contribution in [0, 0.1) is 0 Å². The highest BCUT2D eigenvalue weighted by Gasteiger charge is 2.11. The van der Waals surface area contributed by atoms with E-state index >= 15 is 0 Å². The minimum Gasteiger partial charge on any atom is -0.384 e. The molecule has 1 aromatic carbocycles. The lowest BCUT2D eigenvalue weighted by atomic mass is 10.2. The zero-order valence-electron chi connectivity index (χ0n) is 8.95. The second-order valence-electron chi connectivity index (χ2n) is 3.89. The molecule has 0 radical (unpaired) electrons. The van der Waals surface area contributed by atoms with Crippen molar-refractivity contribution >= 4 is 24.0 Å². The summed E-state index contributed by atoms with van der Waals surface area (Å²) in [5.74, 6) is 0.869. The Kier molecular flexibility index (Phi) is 3.78. The summed E-state index contributed by atoms with van der Waals surface area (Å²) < 4.78 is 0. The Hall–Kier alpha value is -0.830. The maximum Gasteiger partial charge on any atom is 0.0367 e. The van der Waals surface area contributed by atoms with Gasteiger partial charge in [0.25, 0.3) is 0 Å². The quantitative estimate of drug-likeness (QED) is 0.761. The third-order valence-electron chi connectivity index (χ3n) is 2.78. The molecular weight excluding hydrogens is 204 g/mol. The van der Waals surface area contributed by atoms with E-state index in [1.165, 1.54) is 37.3 Å². The summed E-state index contributed by atoms with van der Waals surface area (Å²) in [7, 11) is 0. The van der Waals surface area contributed by atoms with Crippen molar-refractivity contribution in [2.24, 2.45) is 0 Å². The fraction of sp³-hybridized carbons (Fsp3) is 0.500. The van der Waals surface area contributed by atoms with Crippen molar-refractivity contribution in [2.45, 2.75) is 12.8 Å². The van der Waals surface area contributed by atoms with E-state index in [0.29, 0.717) is 0 Å². The third-order valence-corrected chi connectivity index (χ3v) is 3.00. The monoisotopic (exact) mass is 222 g/mol. The second-order valence-corrected chi connectivity index (χ2v) is 4.34. The van der Waals surface area contributed by atoms with Crippen LogP contribution < -0.4 is 10.2 Å². The molecule has 1 heterocycles. The molecule has 0 unspecified atom stereocenters. The summed E-state index contributed by atoms with van der Waals surface area (Å²) in [6.45, 7) is 3.35. The summed E-state index contributed by atoms with van der Waals surface area (Å²) in [5.41, 5.74) is 2.54. The number of benzene rings is 1. The van der Waals surface area contributed by atoms with Crippen molar-refractivity contribution in [3.05, 3.63) is 24.3 Å². The van der Waals surface area contributed by atoms with Gasteiger partial charge in [-0.15, -0.1) is 0 Å². The summed E-state index contributed by atoms with van der Waals surface area (Å²) >= 11 is 4.17. The molecule has 1 N–H and O–H groups in total. The van der Waals surface area contributed by atoms with E-state index in [2.05, 4.69) is 47.1 Å². The van der Waals surface area contributed by atoms with Gasteiger partial charge in [-0.1, -0.05) is 0 Å². The van der Waals surface area contributed by atoms with Crippen molar-refractivity contribution in [1.29, 1.82) is 0 Å². The molecule has 0 aliphatic carbocycles. The van der Waals surface area contributed by atoms with Gasteiger partial charge in [0.15, 0.2) is 0 Å². The molecule has 0 bridgehead atoms. The Morgan fingerprint density at radius 1 is 1.13 bits per heavy atom. The molecule has 2 rings (SSSR count). The average molecular weight is 222 g/mol. The van der Waals surface area contributed by atoms with E-state index in [0.717, 1.165) is 12.3 Å². The predicted molar refractivity (Wildman–Crippen MR) is 70.2 cm³/mol. The summed E-state index contributed by atoms with van der Waals surface area (Å²) in [6, 6.07) is 8.70. The van der Waals surface area contributed by atoms with Crippen molar-refractivity contribution in [1.82, 2.24) is 0 Å². The molecule has 0 atom stereocenters. The Bertz CT molecular complexity index is 291. The first-order valence-electron chi connectivity index (χ1n) is 5.60. The van der Waals surface area contributed by atoms with Crippen molar-refractivity contribution in [2.75, 3.05) is 35.6 Å². The van der Waals surface area contributed by atoms with Crippen molar-refractivity contribution in [3.8, 4) is 0 Å². The Morgan fingerprint density at radius 3 is 2.40 bits per heavy atom. The highest BCUT2D eigenvalue weighted by Crippen LogP contribution is 2.21. The lowest BCUT2D eigenvalue weighted by Crippen LogP contribution is -2.17. The van der Waals surface area contributed by atoms with Crippen LogP contribution in [0.1, 0.15) is 12.8 Å². The minimum absolute atomic E-state index is 0.869. The molecule has 1 fully saturated rings. The van der Waals surface area contributed by atoms with Crippen molar-refractivity contribution < 1.29 is 0 Å². The molecule has 1 aliphatic heterocycles. The highest BCUT2D eigenvalue weighted by molar-refractivity contribution is 7.80. The fourth-order valence-corrected chi connectivity index (χ4v) is 2.08. The Labute approximate surface area is 97.1 Å². The number of anilines is 2. The topological polar surface area (TPSA) is 15.3 Å². The number of rotatable bonds is 4. The molecule has 0 amide bonds. The van der Waals surface area contributed by atoms with E-state index < -0.39 is 0 Å². The zero-order valence-corrected chi connectivity index (χ0v) is 9.84. The van der Waals surface area contributed by atoms with Crippen LogP contribution >= 0.6 is 12.6 Å². The fourth-order valence-electron chi connectivity index (χ4n) is 1.97. The average Bonchev–Trinajstić information content (AvgIpc) is 2.80. The number of hydrogen-bond acceptors (Lipinski definition) is 3. The van der Waals surface area contributed by atoms with E-state index in [4.69, 9.17) is 0 Å². The van der Waals surface area contributed by atoms with Gasteiger partial charge in [0.2, 0.25) is 0 Å². The van der Waals surface area contributed by atoms with E-state index in [-0.39, 0.29) is 0 Å². The maximum atomic E-state index is 4.17. The molecule has 2 nitrogen and oxygen atoms in total. The molecule has 0 aromatic heterocycles. The van der Waals surface area contributed by atoms with Crippen LogP contribution in [0.25, 0.3) is 0 Å². The Morgan fingerprint density at radius 2 is 1.80 bits per heavy atom. The lowest BCUT2D eigenvalue weighted by Gasteiger charge is -2.17. The minimum atomic E-state index is 0.869. The van der Waals surface area contributed by atoms with Gasteiger partial charge in [-0.3, -0.25) is 0 Å². The van der Waals surface area contributed by atoms with Gasteiger partial charge in [0.1, 0.15) is 0 Å². The first kappa shape index (κ1) is 10.7. The summed E-state index contributed by atoms with van der Waals surface area (Å²) in [4.78, 5) is 2.45.